The van der Waals surface area contributed by atoms with Gasteiger partial charge in [-0.3, -0.25) is 9.59 Å². The van der Waals surface area contributed by atoms with E-state index in [2.05, 4.69) is 11.1 Å². The Bertz CT molecular complexity index is 1520. The third kappa shape index (κ3) is 4.65. The predicted octanol–water partition coefficient (Wildman–Crippen LogP) is 3.79. The molecule has 0 saturated carbocycles. The Morgan fingerprint density at radius 2 is 1.97 bits per heavy atom. The lowest BCUT2D eigenvalue weighted by Gasteiger charge is -2.29. The van der Waals surface area contributed by atoms with E-state index in [1.165, 1.54) is 37.3 Å². The number of fused-ring (bicyclic) bond motifs is 3. The summed E-state index contributed by atoms with van der Waals surface area (Å²) in [6.07, 6.45) is 0.642. The second-order valence-electron chi connectivity index (χ2n) is 9.10. The number of nitrogens with one attached hydrogen (secondary N) is 1. The first kappa shape index (κ1) is 24.5. The van der Waals surface area contributed by atoms with Gasteiger partial charge in [-0.15, -0.1) is 0 Å². The molecule has 9 heteroatoms. The maximum Gasteiger partial charge on any atom is 0.227 e. The summed E-state index contributed by atoms with van der Waals surface area (Å²) < 4.78 is 16.2. The number of benzene rings is 2. The molecule has 1 amide bonds. The van der Waals surface area contributed by atoms with Gasteiger partial charge >= 0.3 is 0 Å². The number of nitrogens with zero attached hydrogens (tertiary/aromatic N) is 1. The van der Waals surface area contributed by atoms with Crippen molar-refractivity contribution in [1.29, 1.82) is 0 Å². The molecule has 1 aliphatic rings. The molecule has 4 aromatic rings. The molecule has 1 aliphatic heterocycles. The molecule has 3 heterocycles. The second-order valence-corrected chi connectivity index (χ2v) is 9.10. The van der Waals surface area contributed by atoms with Crippen LogP contribution in [-0.4, -0.2) is 46.8 Å². The fourth-order valence-electron chi connectivity index (χ4n) is 4.99. The first-order chi connectivity index (χ1) is 17.9. The number of hydrogen-bond donors (Lipinski definition) is 3. The minimum absolute atomic E-state index is 0.0252. The number of aromatic hydroxyl groups is 2. The Labute approximate surface area is 212 Å². The maximum atomic E-state index is 13.6. The summed E-state index contributed by atoms with van der Waals surface area (Å²) in [5, 5.41) is 21.9. The monoisotopic (exact) mass is 504 g/mol. The van der Waals surface area contributed by atoms with Gasteiger partial charge in [0.2, 0.25) is 17.1 Å². The van der Waals surface area contributed by atoms with Crippen LogP contribution in [0.1, 0.15) is 40.7 Å². The van der Waals surface area contributed by atoms with Crippen LogP contribution in [0.15, 0.2) is 57.7 Å². The molecule has 2 aromatic heterocycles. The zero-order valence-electron chi connectivity index (χ0n) is 20.6. The Balaban J connectivity index is 1.50. The number of aromatic amines is 1. The van der Waals surface area contributed by atoms with Crippen LogP contribution in [0.4, 0.5) is 0 Å². The lowest BCUT2D eigenvalue weighted by atomic mass is 9.90. The van der Waals surface area contributed by atoms with Crippen LogP contribution in [0.3, 0.4) is 0 Å². The van der Waals surface area contributed by atoms with Crippen molar-refractivity contribution in [1.82, 2.24) is 9.88 Å². The van der Waals surface area contributed by atoms with Crippen LogP contribution in [0.2, 0.25) is 0 Å². The molecule has 9 nitrogen and oxygen atoms in total. The summed E-state index contributed by atoms with van der Waals surface area (Å²) in [5.74, 6) is -1.23. The van der Waals surface area contributed by atoms with Crippen molar-refractivity contribution in [2.75, 3.05) is 20.8 Å². The van der Waals surface area contributed by atoms with Gasteiger partial charge in [0.25, 0.3) is 0 Å². The number of hydrogen-bond acceptors (Lipinski definition) is 7. The van der Waals surface area contributed by atoms with E-state index in [4.69, 9.17) is 13.9 Å². The van der Waals surface area contributed by atoms with Crippen LogP contribution in [0.5, 0.6) is 17.2 Å². The molecule has 192 valence electrons. The number of methoxy groups -OCH3 is 2. The molecule has 2 aromatic carbocycles. The Hall–Kier alpha value is -4.24. The zero-order chi connectivity index (χ0) is 26.1. The molecule has 0 saturated heterocycles. The molecular formula is C28H28N2O7. The molecule has 37 heavy (non-hydrogen) atoms. The van der Waals surface area contributed by atoms with Gasteiger partial charge in [0, 0.05) is 42.7 Å². The maximum absolute atomic E-state index is 13.6. The number of aromatic nitrogens is 1. The smallest absolute Gasteiger partial charge is 0.227 e. The first-order valence-corrected chi connectivity index (χ1v) is 12.0. The van der Waals surface area contributed by atoms with Gasteiger partial charge < -0.3 is 34.0 Å². The van der Waals surface area contributed by atoms with E-state index in [1.807, 2.05) is 18.2 Å². The summed E-state index contributed by atoms with van der Waals surface area (Å²) in [5.41, 5.74) is 3.17. The SMILES string of the molecule is COCc1cc(=O)c(O)c(C(CC(=O)N2CCc3c([nH]c4ccccc34)C2)c2ccc(O)c(OC)c2)o1. The second kappa shape index (κ2) is 10.0. The van der Waals surface area contributed by atoms with Crippen molar-refractivity contribution < 1.29 is 28.9 Å². The van der Waals surface area contributed by atoms with Gasteiger partial charge in [-0.05, 0) is 35.7 Å². The van der Waals surface area contributed by atoms with E-state index in [0.717, 1.165) is 11.2 Å². The number of carbonyl (C=O) groups is 1. The topological polar surface area (TPSA) is 125 Å². The number of H-pyrrole nitrogens is 1. The molecule has 3 N–H and O–H groups in total. The molecule has 0 spiro atoms. The van der Waals surface area contributed by atoms with E-state index >= 15 is 0 Å². The van der Waals surface area contributed by atoms with E-state index < -0.39 is 17.1 Å². The summed E-state index contributed by atoms with van der Waals surface area (Å²) in [4.78, 5) is 31.3. The lowest BCUT2D eigenvalue weighted by molar-refractivity contribution is -0.132. The number of para-hydroxylation sites is 1. The van der Waals surface area contributed by atoms with E-state index in [-0.39, 0.29) is 42.0 Å². The van der Waals surface area contributed by atoms with Gasteiger partial charge in [0.05, 0.1) is 19.6 Å². The van der Waals surface area contributed by atoms with Crippen LogP contribution in [0.25, 0.3) is 10.9 Å². The van der Waals surface area contributed by atoms with E-state index in [9.17, 15) is 19.8 Å². The van der Waals surface area contributed by atoms with Gasteiger partial charge in [0.1, 0.15) is 12.4 Å². The molecule has 0 fully saturated rings. The normalized spacial score (nSPS) is 13.9. The number of amides is 1. The number of rotatable bonds is 7. The van der Waals surface area contributed by atoms with Crippen LogP contribution >= 0.6 is 0 Å². The third-order valence-corrected chi connectivity index (χ3v) is 6.82. The van der Waals surface area contributed by atoms with Crippen LogP contribution < -0.4 is 10.2 Å². The number of phenolic OH excluding ortho intramolecular Hbond substituents is 1. The predicted molar refractivity (Wildman–Crippen MR) is 136 cm³/mol. The van der Waals surface area contributed by atoms with Crippen LogP contribution in [0, 0.1) is 0 Å². The third-order valence-electron chi connectivity index (χ3n) is 6.82. The summed E-state index contributed by atoms with van der Waals surface area (Å²) in [6.45, 7) is 0.991. The van der Waals surface area contributed by atoms with E-state index in [0.29, 0.717) is 25.1 Å². The van der Waals surface area contributed by atoms with Crippen molar-refractivity contribution in [3.8, 4) is 17.2 Å². The number of carbonyl (C=O) groups excluding carboxylic acids is 1. The van der Waals surface area contributed by atoms with Crippen molar-refractivity contribution in [3.05, 3.63) is 87.1 Å². The van der Waals surface area contributed by atoms with E-state index in [1.54, 1.807) is 17.0 Å². The Morgan fingerprint density at radius 1 is 1.16 bits per heavy atom. The quantitative estimate of drug-likeness (QED) is 0.350. The molecule has 1 atom stereocenters. The standard InChI is InChI=1S/C28H28N2O7/c1-35-15-17-12-24(32)27(34)28(37-17)20(16-7-8-23(31)25(11-16)36-2)13-26(33)30-10-9-19-18-5-3-4-6-21(18)29-22(19)14-30/h3-8,11-12,20,29,31,34H,9-10,13-15H2,1-2H3. The number of ether oxygens (including phenoxy) is 2. The highest BCUT2D eigenvalue weighted by Crippen LogP contribution is 2.38. The fraction of sp³-hybridized carbons (Fsp3) is 0.286. The Morgan fingerprint density at radius 3 is 2.76 bits per heavy atom. The Kier molecular flexibility index (Phi) is 6.62. The lowest BCUT2D eigenvalue weighted by Crippen LogP contribution is -2.36. The van der Waals surface area contributed by atoms with Gasteiger partial charge in [-0.25, -0.2) is 0 Å². The molecule has 0 aliphatic carbocycles. The van der Waals surface area contributed by atoms with Crippen LogP contribution in [-0.2, 0) is 29.1 Å². The zero-order valence-corrected chi connectivity index (χ0v) is 20.6. The highest BCUT2D eigenvalue weighted by atomic mass is 16.5. The van der Waals surface area contributed by atoms with Crippen molar-refractivity contribution in [2.45, 2.75) is 31.9 Å². The minimum atomic E-state index is -0.810. The number of phenols is 1. The van der Waals surface area contributed by atoms with Crippen molar-refractivity contribution in [3.63, 3.8) is 0 Å². The minimum Gasteiger partial charge on any atom is -0.504 e. The summed E-state index contributed by atoms with van der Waals surface area (Å²) in [6, 6.07) is 13.9. The highest BCUT2D eigenvalue weighted by molar-refractivity contribution is 5.86. The molecule has 5 rings (SSSR count). The van der Waals surface area contributed by atoms with Gasteiger partial charge in [-0.2, -0.15) is 0 Å². The first-order valence-electron chi connectivity index (χ1n) is 12.0. The molecule has 0 bridgehead atoms. The van der Waals surface area contributed by atoms with Crippen molar-refractivity contribution in [2.24, 2.45) is 0 Å². The highest BCUT2D eigenvalue weighted by Gasteiger charge is 2.31. The molecule has 0 radical (unpaired) electrons. The fourth-order valence-corrected chi connectivity index (χ4v) is 4.99. The van der Waals surface area contributed by atoms with Crippen molar-refractivity contribution >= 4 is 16.8 Å². The average Bonchev–Trinajstić information content (AvgIpc) is 3.28. The molecular weight excluding hydrogens is 476 g/mol. The van der Waals surface area contributed by atoms with Gasteiger partial charge in [-0.1, -0.05) is 24.3 Å². The van der Waals surface area contributed by atoms with Gasteiger partial charge in [0.15, 0.2) is 17.3 Å². The molecule has 1 unspecified atom stereocenters. The summed E-state index contributed by atoms with van der Waals surface area (Å²) >= 11 is 0. The average molecular weight is 505 g/mol. The summed E-state index contributed by atoms with van der Waals surface area (Å²) in [7, 11) is 2.88. The largest absolute Gasteiger partial charge is 0.504 e.